The highest BCUT2D eigenvalue weighted by atomic mass is 79.9. The van der Waals surface area contributed by atoms with Gasteiger partial charge in [0, 0.05) is 15.0 Å². The largest absolute Gasteiger partial charge is 0.378 e. The van der Waals surface area contributed by atoms with Gasteiger partial charge in [-0.05, 0) is 60.9 Å². The van der Waals surface area contributed by atoms with Gasteiger partial charge < -0.3 is 5.32 Å². The molecule has 3 heteroatoms. The molecule has 1 aromatic heterocycles. The maximum atomic E-state index is 3.71. The average Bonchev–Trinajstić information content (AvgIpc) is 2.84. The molecule has 94 valence electrons. The van der Waals surface area contributed by atoms with E-state index in [-0.39, 0.29) is 0 Å². The van der Waals surface area contributed by atoms with Crippen molar-refractivity contribution in [3.05, 3.63) is 50.1 Å². The quantitative estimate of drug-likeness (QED) is 0.790. The Morgan fingerprint density at radius 1 is 1.33 bits per heavy atom. The summed E-state index contributed by atoms with van der Waals surface area (Å²) in [4.78, 5) is 1.56. The van der Waals surface area contributed by atoms with Crippen LogP contribution in [-0.4, -0.2) is 0 Å². The minimum atomic E-state index is 0.480. The lowest BCUT2D eigenvalue weighted by Gasteiger charge is -2.25. The molecule has 1 heterocycles. The number of benzene rings is 1. The number of aryl methyl sites for hydroxylation is 1. The van der Waals surface area contributed by atoms with Gasteiger partial charge in [0.25, 0.3) is 0 Å². The van der Waals surface area contributed by atoms with Crippen LogP contribution in [0.15, 0.2) is 34.1 Å². The first-order chi connectivity index (χ1) is 8.75. The summed E-state index contributed by atoms with van der Waals surface area (Å²) in [5.41, 5.74) is 4.04. The van der Waals surface area contributed by atoms with Crippen LogP contribution >= 0.6 is 27.3 Å². The summed E-state index contributed by atoms with van der Waals surface area (Å²) >= 11 is 5.49. The summed E-state index contributed by atoms with van der Waals surface area (Å²) in [6.07, 6.45) is 3.77. The van der Waals surface area contributed by atoms with Crippen LogP contribution in [0.3, 0.4) is 0 Å². The van der Waals surface area contributed by atoms with Gasteiger partial charge in [-0.1, -0.05) is 22.0 Å². The van der Waals surface area contributed by atoms with Crippen molar-refractivity contribution < 1.29 is 0 Å². The Balaban J connectivity index is 1.88. The molecule has 0 fully saturated rings. The molecule has 2 aromatic rings. The molecule has 1 N–H and O–H groups in total. The molecule has 0 bridgehead atoms. The van der Waals surface area contributed by atoms with Crippen LogP contribution < -0.4 is 5.32 Å². The number of thiophene rings is 1. The standard InChI is InChI=1S/C15H16BrNS/c1-10-12(16)4-2-5-13(10)17-14-6-3-7-15-11(14)8-9-18-15/h2,4-5,8-9,14,17H,3,6-7H2,1H3. The second kappa shape index (κ2) is 5.06. The fourth-order valence-electron chi connectivity index (χ4n) is 2.59. The molecule has 0 saturated carbocycles. The van der Waals surface area contributed by atoms with Gasteiger partial charge in [-0.3, -0.25) is 0 Å². The van der Waals surface area contributed by atoms with Crippen molar-refractivity contribution in [2.45, 2.75) is 32.2 Å². The molecule has 18 heavy (non-hydrogen) atoms. The van der Waals surface area contributed by atoms with Gasteiger partial charge in [0.15, 0.2) is 0 Å². The van der Waals surface area contributed by atoms with Crippen molar-refractivity contribution in [1.29, 1.82) is 0 Å². The lowest BCUT2D eigenvalue weighted by molar-refractivity contribution is 0.608. The lowest BCUT2D eigenvalue weighted by atomic mass is 9.93. The molecular formula is C15H16BrNS. The third-order valence-corrected chi connectivity index (χ3v) is 5.50. The minimum Gasteiger partial charge on any atom is -0.378 e. The summed E-state index contributed by atoms with van der Waals surface area (Å²) < 4.78 is 1.17. The van der Waals surface area contributed by atoms with Crippen molar-refractivity contribution in [3.8, 4) is 0 Å². The first-order valence-electron chi connectivity index (χ1n) is 6.33. The van der Waals surface area contributed by atoms with Crippen LogP contribution in [-0.2, 0) is 6.42 Å². The summed E-state index contributed by atoms with van der Waals surface area (Å²) in [7, 11) is 0. The third kappa shape index (κ3) is 2.21. The van der Waals surface area contributed by atoms with Crippen LogP contribution in [0.1, 0.15) is 34.9 Å². The fraction of sp³-hybridized carbons (Fsp3) is 0.333. The molecule has 1 atom stereocenters. The van der Waals surface area contributed by atoms with E-state index >= 15 is 0 Å². The Morgan fingerprint density at radius 3 is 3.11 bits per heavy atom. The third-order valence-electron chi connectivity index (χ3n) is 3.65. The number of hydrogen-bond acceptors (Lipinski definition) is 2. The fourth-order valence-corrected chi connectivity index (χ4v) is 3.94. The van der Waals surface area contributed by atoms with E-state index in [0.29, 0.717) is 6.04 Å². The number of hydrogen-bond donors (Lipinski definition) is 1. The van der Waals surface area contributed by atoms with Crippen molar-refractivity contribution in [2.24, 2.45) is 0 Å². The summed E-state index contributed by atoms with van der Waals surface area (Å²) in [5.74, 6) is 0. The van der Waals surface area contributed by atoms with Crippen molar-refractivity contribution in [1.82, 2.24) is 0 Å². The molecule has 1 aromatic carbocycles. The van der Waals surface area contributed by atoms with Gasteiger partial charge in [0.05, 0.1) is 6.04 Å². The zero-order chi connectivity index (χ0) is 12.5. The van der Waals surface area contributed by atoms with Crippen LogP contribution in [0.4, 0.5) is 5.69 Å². The summed E-state index contributed by atoms with van der Waals surface area (Å²) in [5, 5.41) is 5.93. The van der Waals surface area contributed by atoms with E-state index in [0.717, 1.165) is 0 Å². The first-order valence-corrected chi connectivity index (χ1v) is 8.01. The average molecular weight is 322 g/mol. The molecule has 0 saturated heterocycles. The zero-order valence-corrected chi connectivity index (χ0v) is 12.8. The van der Waals surface area contributed by atoms with E-state index in [1.54, 1.807) is 4.88 Å². The number of halogens is 1. The minimum absolute atomic E-state index is 0.480. The van der Waals surface area contributed by atoms with Gasteiger partial charge in [-0.15, -0.1) is 11.3 Å². The highest BCUT2D eigenvalue weighted by Crippen LogP contribution is 2.36. The second-order valence-corrected chi connectivity index (χ2v) is 6.66. The first kappa shape index (κ1) is 12.2. The molecule has 1 nitrogen and oxygen atoms in total. The van der Waals surface area contributed by atoms with E-state index in [2.05, 4.69) is 57.8 Å². The number of nitrogens with one attached hydrogen (secondary N) is 1. The van der Waals surface area contributed by atoms with Gasteiger partial charge in [0.2, 0.25) is 0 Å². The maximum Gasteiger partial charge on any atom is 0.0525 e. The van der Waals surface area contributed by atoms with E-state index in [9.17, 15) is 0 Å². The van der Waals surface area contributed by atoms with E-state index in [1.165, 1.54) is 40.5 Å². The number of rotatable bonds is 2. The molecule has 0 aliphatic heterocycles. The summed E-state index contributed by atoms with van der Waals surface area (Å²) in [6, 6.07) is 9.12. The topological polar surface area (TPSA) is 12.0 Å². The molecule has 3 rings (SSSR count). The van der Waals surface area contributed by atoms with Crippen molar-refractivity contribution in [2.75, 3.05) is 5.32 Å². The Kier molecular flexibility index (Phi) is 3.44. The van der Waals surface area contributed by atoms with E-state index in [4.69, 9.17) is 0 Å². The predicted molar refractivity (Wildman–Crippen MR) is 82.5 cm³/mol. The normalized spacial score (nSPS) is 18.4. The monoisotopic (exact) mass is 321 g/mol. The molecular weight excluding hydrogens is 306 g/mol. The molecule has 1 unspecified atom stereocenters. The molecule has 1 aliphatic rings. The van der Waals surface area contributed by atoms with Gasteiger partial charge in [-0.2, -0.15) is 0 Å². The number of anilines is 1. The van der Waals surface area contributed by atoms with Crippen LogP contribution in [0.25, 0.3) is 0 Å². The van der Waals surface area contributed by atoms with Gasteiger partial charge in [0.1, 0.15) is 0 Å². The van der Waals surface area contributed by atoms with Crippen LogP contribution in [0.5, 0.6) is 0 Å². The molecule has 0 radical (unpaired) electrons. The SMILES string of the molecule is Cc1c(Br)cccc1NC1CCCc2sccc21. The van der Waals surface area contributed by atoms with E-state index < -0.39 is 0 Å². The van der Waals surface area contributed by atoms with Gasteiger partial charge >= 0.3 is 0 Å². The Morgan fingerprint density at radius 2 is 2.22 bits per heavy atom. The smallest absolute Gasteiger partial charge is 0.0525 e. The highest BCUT2D eigenvalue weighted by Gasteiger charge is 2.21. The lowest BCUT2D eigenvalue weighted by Crippen LogP contribution is -2.16. The molecule has 0 amide bonds. The Labute approximate surface area is 120 Å². The summed E-state index contributed by atoms with van der Waals surface area (Å²) in [6.45, 7) is 2.16. The van der Waals surface area contributed by atoms with Crippen LogP contribution in [0, 0.1) is 6.92 Å². The van der Waals surface area contributed by atoms with E-state index in [1.807, 2.05) is 11.3 Å². The zero-order valence-electron chi connectivity index (χ0n) is 10.4. The number of fused-ring (bicyclic) bond motifs is 1. The Bertz CT molecular complexity index is 561. The molecule has 0 spiro atoms. The van der Waals surface area contributed by atoms with Gasteiger partial charge in [-0.25, -0.2) is 0 Å². The predicted octanol–water partition coefficient (Wildman–Crippen LogP) is 5.31. The Hall–Kier alpha value is -0.800. The van der Waals surface area contributed by atoms with Crippen LogP contribution in [0.2, 0.25) is 0 Å². The highest BCUT2D eigenvalue weighted by molar-refractivity contribution is 9.10. The second-order valence-electron chi connectivity index (χ2n) is 4.80. The van der Waals surface area contributed by atoms with Crippen molar-refractivity contribution in [3.63, 3.8) is 0 Å². The van der Waals surface area contributed by atoms with Crippen molar-refractivity contribution >= 4 is 33.0 Å². The maximum absolute atomic E-state index is 3.71. The molecule has 1 aliphatic carbocycles.